The van der Waals surface area contributed by atoms with E-state index in [1.165, 1.54) is 13.2 Å². The summed E-state index contributed by atoms with van der Waals surface area (Å²) in [5.74, 6) is -3.19. The maximum atomic E-state index is 13.7. The fourth-order valence-electron chi connectivity index (χ4n) is 1.49. The monoisotopic (exact) mass is 242 g/mol. The highest BCUT2D eigenvalue weighted by Crippen LogP contribution is 2.40. The molecule has 0 amide bonds. The Morgan fingerprint density at radius 3 is 2.94 bits per heavy atom. The second-order valence-electron chi connectivity index (χ2n) is 3.28. The van der Waals surface area contributed by atoms with Gasteiger partial charge in [-0.2, -0.15) is 0 Å². The number of halogens is 1. The lowest BCUT2D eigenvalue weighted by Gasteiger charge is -2.23. The Bertz CT molecular complexity index is 477. The van der Waals surface area contributed by atoms with Crippen LogP contribution in [-0.4, -0.2) is 36.8 Å². The quantitative estimate of drug-likeness (QED) is 0.726. The molecule has 2 rings (SSSR count). The zero-order valence-electron chi connectivity index (χ0n) is 8.77. The Hall–Kier alpha value is -1.96. The van der Waals surface area contributed by atoms with E-state index in [0.717, 1.165) is 0 Å². The van der Waals surface area contributed by atoms with Crippen molar-refractivity contribution in [3.8, 4) is 17.2 Å². The van der Waals surface area contributed by atoms with Crippen LogP contribution in [0, 0.1) is 5.82 Å². The summed E-state index contributed by atoms with van der Waals surface area (Å²) in [4.78, 5) is 11.0. The first-order chi connectivity index (χ1) is 8.04. The van der Waals surface area contributed by atoms with Crippen molar-refractivity contribution in [2.24, 2.45) is 0 Å². The molecule has 1 heterocycles. The minimum Gasteiger partial charge on any atom is -0.531 e. The van der Waals surface area contributed by atoms with Gasteiger partial charge < -0.3 is 24.3 Å². The number of methoxy groups -OCH3 is 1. The van der Waals surface area contributed by atoms with Crippen LogP contribution in [0.2, 0.25) is 0 Å². The second kappa shape index (κ2) is 4.13. The van der Waals surface area contributed by atoms with E-state index in [-0.39, 0.29) is 23.8 Å². The molecule has 0 fully saturated rings. The molecule has 1 aromatic carbocycles. The molecule has 2 N–H and O–H groups in total. The molecule has 0 unspecified atom stereocenters. The van der Waals surface area contributed by atoms with Crippen molar-refractivity contribution >= 4 is 13.1 Å². The van der Waals surface area contributed by atoms with Crippen LogP contribution in [0.3, 0.4) is 0 Å². The first kappa shape index (κ1) is 11.5. The number of carboxylic acids is 1. The Labute approximate surface area is 95.7 Å². The molecule has 0 saturated heterocycles. The maximum absolute atomic E-state index is 13.7. The molecule has 1 aliphatic rings. The molecule has 17 heavy (non-hydrogen) atoms. The molecule has 0 aliphatic carbocycles. The Morgan fingerprint density at radius 1 is 1.65 bits per heavy atom. The van der Waals surface area contributed by atoms with Gasteiger partial charge in [0.25, 0.3) is 0 Å². The molecule has 0 spiro atoms. The average Bonchev–Trinajstić information content (AvgIpc) is 2.27. The zero-order chi connectivity index (χ0) is 12.6. The van der Waals surface area contributed by atoms with Crippen molar-refractivity contribution in [2.75, 3.05) is 13.6 Å². The predicted molar refractivity (Wildman–Crippen MR) is 54.0 cm³/mol. The van der Waals surface area contributed by atoms with Gasteiger partial charge in [-0.25, -0.2) is 9.18 Å². The summed E-state index contributed by atoms with van der Waals surface area (Å²) in [5.41, 5.74) is -0.724. The van der Waals surface area contributed by atoms with E-state index >= 15 is 0 Å². The number of hydrogen-bond donors (Lipinski definition) is 2. The Balaban J connectivity index is 2.65. The van der Waals surface area contributed by atoms with Crippen LogP contribution in [-0.2, 0) is 0 Å². The van der Waals surface area contributed by atoms with Gasteiger partial charge in [0.2, 0.25) is 0 Å². The van der Waals surface area contributed by atoms with E-state index in [0.29, 0.717) is 0 Å². The molecular formula is C9H8BFO6. The summed E-state index contributed by atoms with van der Waals surface area (Å²) in [7, 11) is -0.122. The lowest BCUT2D eigenvalue weighted by molar-refractivity contribution is 0.0686. The molecule has 0 radical (unpaired) electrons. The number of benzene rings is 1. The summed E-state index contributed by atoms with van der Waals surface area (Å²) >= 11 is 0. The van der Waals surface area contributed by atoms with Crippen LogP contribution in [0.25, 0.3) is 0 Å². The highest BCUT2D eigenvalue weighted by Gasteiger charge is 2.33. The van der Waals surface area contributed by atoms with Gasteiger partial charge in [-0.3, -0.25) is 0 Å². The van der Waals surface area contributed by atoms with E-state index in [4.69, 9.17) is 19.2 Å². The topological polar surface area (TPSA) is 85.2 Å². The number of ether oxygens (including phenoxy) is 2. The third kappa shape index (κ3) is 1.87. The molecule has 8 heteroatoms. The smallest absolute Gasteiger partial charge is 0.531 e. The van der Waals surface area contributed by atoms with E-state index < -0.39 is 24.5 Å². The lowest BCUT2D eigenvalue weighted by atomic mass is 9.91. The Kier molecular flexibility index (Phi) is 2.80. The normalized spacial score (nSPS) is 13.5. The molecule has 6 nitrogen and oxygen atoms in total. The van der Waals surface area contributed by atoms with Crippen LogP contribution in [0.4, 0.5) is 4.39 Å². The largest absolute Gasteiger partial charge is 0.563 e. The third-order valence-corrected chi connectivity index (χ3v) is 2.22. The van der Waals surface area contributed by atoms with Gasteiger partial charge in [-0.1, -0.05) is 0 Å². The van der Waals surface area contributed by atoms with Gasteiger partial charge in [0.05, 0.1) is 7.11 Å². The molecule has 0 bridgehead atoms. The van der Waals surface area contributed by atoms with Gasteiger partial charge in [-0.05, 0) is 0 Å². The van der Waals surface area contributed by atoms with Crippen LogP contribution in [0.15, 0.2) is 6.07 Å². The van der Waals surface area contributed by atoms with E-state index in [2.05, 4.69) is 0 Å². The molecular weight excluding hydrogens is 234 g/mol. The van der Waals surface area contributed by atoms with Gasteiger partial charge in [0.1, 0.15) is 12.1 Å². The number of carboxylic acid groups (broad SMARTS) is 1. The molecule has 0 saturated carbocycles. The number of fused-ring (bicyclic) bond motifs is 1. The SMILES string of the molecule is COc1cc2c(c(C(=O)O)c1F)OB(O)CO2. The average molecular weight is 242 g/mol. The molecule has 1 aliphatic heterocycles. The highest BCUT2D eigenvalue weighted by atomic mass is 19.1. The zero-order valence-corrected chi connectivity index (χ0v) is 8.77. The number of hydrogen-bond acceptors (Lipinski definition) is 5. The van der Waals surface area contributed by atoms with Gasteiger partial charge >= 0.3 is 13.1 Å². The third-order valence-electron chi connectivity index (χ3n) is 2.22. The van der Waals surface area contributed by atoms with E-state index in [9.17, 15) is 14.2 Å². The lowest BCUT2D eigenvalue weighted by Crippen LogP contribution is -2.35. The van der Waals surface area contributed by atoms with Crippen LogP contribution >= 0.6 is 0 Å². The Morgan fingerprint density at radius 2 is 2.35 bits per heavy atom. The summed E-state index contributed by atoms with van der Waals surface area (Å²) in [6, 6.07) is 1.17. The predicted octanol–water partition coefficient (Wildman–Crippen LogP) is 0.323. The standard InChI is InChI=1S/C9H8BFO6/c1-15-4-2-5-8(17-10(14)3-16-5)6(7(4)11)9(12)13/h2,14H,3H2,1H3,(H,12,13). The van der Waals surface area contributed by atoms with Gasteiger partial charge in [-0.15, -0.1) is 0 Å². The molecule has 0 aromatic heterocycles. The first-order valence-corrected chi connectivity index (χ1v) is 4.66. The van der Waals surface area contributed by atoms with Crippen LogP contribution < -0.4 is 14.1 Å². The van der Waals surface area contributed by atoms with Crippen molar-refractivity contribution in [2.45, 2.75) is 0 Å². The number of aromatic carboxylic acids is 1. The first-order valence-electron chi connectivity index (χ1n) is 4.66. The van der Waals surface area contributed by atoms with Crippen LogP contribution in [0.1, 0.15) is 10.4 Å². The number of carbonyl (C=O) groups is 1. The van der Waals surface area contributed by atoms with Crippen molar-refractivity contribution < 1.29 is 33.4 Å². The molecule has 1 aromatic rings. The van der Waals surface area contributed by atoms with Gasteiger partial charge in [0.15, 0.2) is 23.1 Å². The minimum absolute atomic E-state index is 0.0194. The number of rotatable bonds is 2. The summed E-state index contributed by atoms with van der Waals surface area (Å²) in [5, 5.41) is 18.1. The van der Waals surface area contributed by atoms with Gasteiger partial charge in [0, 0.05) is 6.07 Å². The molecule has 0 atom stereocenters. The van der Waals surface area contributed by atoms with Crippen molar-refractivity contribution in [3.05, 3.63) is 17.4 Å². The summed E-state index contributed by atoms with van der Waals surface area (Å²) in [6.07, 6.45) is 0. The summed E-state index contributed by atoms with van der Waals surface area (Å²) in [6.45, 7) is -0.166. The summed E-state index contributed by atoms with van der Waals surface area (Å²) < 4.78 is 28.3. The highest BCUT2D eigenvalue weighted by molar-refractivity contribution is 6.44. The fraction of sp³-hybridized carbons (Fsp3) is 0.222. The van der Waals surface area contributed by atoms with E-state index in [1.54, 1.807) is 0 Å². The van der Waals surface area contributed by atoms with E-state index in [1.807, 2.05) is 0 Å². The van der Waals surface area contributed by atoms with Crippen molar-refractivity contribution in [1.82, 2.24) is 0 Å². The van der Waals surface area contributed by atoms with Crippen LogP contribution in [0.5, 0.6) is 17.2 Å². The minimum atomic E-state index is -1.53. The fourth-order valence-corrected chi connectivity index (χ4v) is 1.49. The van der Waals surface area contributed by atoms with Crippen molar-refractivity contribution in [3.63, 3.8) is 0 Å². The van der Waals surface area contributed by atoms with Crippen molar-refractivity contribution in [1.29, 1.82) is 0 Å². The maximum Gasteiger partial charge on any atom is 0.563 e. The second-order valence-corrected chi connectivity index (χ2v) is 3.28. The molecule has 90 valence electrons.